The summed E-state index contributed by atoms with van der Waals surface area (Å²) in [6, 6.07) is 3.13. The normalized spacial score (nSPS) is 24.0. The lowest BCUT2D eigenvalue weighted by Crippen LogP contribution is -2.54. The summed E-state index contributed by atoms with van der Waals surface area (Å²) in [6.45, 7) is 6.75. The van der Waals surface area contributed by atoms with Crippen molar-refractivity contribution in [3.63, 3.8) is 0 Å². The molecule has 1 N–H and O–H groups in total. The fraction of sp³-hybridized carbons (Fsp3) is 0.545. The summed E-state index contributed by atoms with van der Waals surface area (Å²) in [5.41, 5.74) is 2.47. The molecule has 1 saturated carbocycles. The highest BCUT2D eigenvalue weighted by Crippen LogP contribution is 2.38. The number of esters is 1. The number of nitrogens with one attached hydrogen (secondary N) is 1. The van der Waals surface area contributed by atoms with E-state index in [1.165, 1.54) is 0 Å². The van der Waals surface area contributed by atoms with Gasteiger partial charge in [-0.15, -0.1) is 0 Å². The topological polar surface area (TPSA) is 92.8 Å². The second kappa shape index (κ2) is 7.97. The molecule has 1 saturated heterocycles. The molecule has 1 aromatic rings. The lowest BCUT2D eigenvalue weighted by molar-refractivity contribution is -0.147. The molecule has 0 aromatic heterocycles. The first kappa shape index (κ1) is 21.0. The van der Waals surface area contributed by atoms with Crippen LogP contribution in [0.25, 0.3) is 0 Å². The number of amides is 3. The third-order valence-corrected chi connectivity index (χ3v) is 6.29. The van der Waals surface area contributed by atoms with Crippen LogP contribution in [0.5, 0.6) is 0 Å². The second-order valence-electron chi connectivity index (χ2n) is 8.27. The van der Waals surface area contributed by atoms with Gasteiger partial charge in [0.2, 0.25) is 5.78 Å². The number of carbonyl (C=O) groups excluding carboxylic acids is 4. The Labute approximate surface area is 170 Å². The molecule has 2 aliphatic rings. The number of ketones is 1. The van der Waals surface area contributed by atoms with Gasteiger partial charge < -0.3 is 10.1 Å². The van der Waals surface area contributed by atoms with Crippen LogP contribution in [0, 0.1) is 26.7 Å². The number of aryl methyl sites for hydroxylation is 3. The van der Waals surface area contributed by atoms with E-state index in [1.54, 1.807) is 6.07 Å². The molecule has 1 aliphatic heterocycles. The lowest BCUT2D eigenvalue weighted by Gasteiger charge is -2.36. The molecule has 3 rings (SSSR count). The molecule has 2 atom stereocenters. The Bertz CT molecular complexity index is 878. The third kappa shape index (κ3) is 3.91. The zero-order valence-electron chi connectivity index (χ0n) is 17.5. The summed E-state index contributed by atoms with van der Waals surface area (Å²) >= 11 is 0. The fourth-order valence-corrected chi connectivity index (χ4v) is 4.30. The number of ether oxygens (including phenoxy) is 1. The van der Waals surface area contributed by atoms with E-state index < -0.39 is 30.7 Å². The minimum Gasteiger partial charge on any atom is -0.456 e. The van der Waals surface area contributed by atoms with Crippen molar-refractivity contribution in [2.45, 2.75) is 58.9 Å². The molecule has 2 fully saturated rings. The van der Waals surface area contributed by atoms with Crippen LogP contribution >= 0.6 is 0 Å². The summed E-state index contributed by atoms with van der Waals surface area (Å²) in [5, 5.41) is 2.80. The van der Waals surface area contributed by atoms with Crippen molar-refractivity contribution in [2.75, 3.05) is 13.2 Å². The number of hydrogen-bond acceptors (Lipinski definition) is 5. The van der Waals surface area contributed by atoms with E-state index in [1.807, 2.05) is 33.8 Å². The van der Waals surface area contributed by atoms with Crippen molar-refractivity contribution in [2.24, 2.45) is 5.92 Å². The van der Waals surface area contributed by atoms with Crippen molar-refractivity contribution >= 4 is 23.7 Å². The zero-order chi connectivity index (χ0) is 21.3. The van der Waals surface area contributed by atoms with Crippen LogP contribution in [0.2, 0.25) is 0 Å². The van der Waals surface area contributed by atoms with E-state index in [9.17, 15) is 19.2 Å². The molecule has 29 heavy (non-hydrogen) atoms. The second-order valence-corrected chi connectivity index (χ2v) is 8.27. The van der Waals surface area contributed by atoms with Gasteiger partial charge in [0.05, 0.1) is 0 Å². The molecular weight excluding hydrogens is 372 g/mol. The smallest absolute Gasteiger partial charge is 0.326 e. The van der Waals surface area contributed by atoms with Crippen molar-refractivity contribution < 1.29 is 23.9 Å². The minimum atomic E-state index is -0.915. The summed E-state index contributed by atoms with van der Waals surface area (Å²) < 4.78 is 5.08. The maximum Gasteiger partial charge on any atom is 0.326 e. The molecule has 1 aromatic carbocycles. The molecule has 0 radical (unpaired) electrons. The standard InChI is InChI=1S/C22H28N2O5/c1-13-9-15(3)17(10-14(13)2)18(25)12-29-19(26)11-24-20(27)22(23-21(24)28)8-6-5-7-16(22)4/h9-10,16H,5-8,11-12H2,1-4H3,(H,23,28)/t16-,22+/m0/s1. The first-order chi connectivity index (χ1) is 13.7. The van der Waals surface area contributed by atoms with Crippen molar-refractivity contribution in [3.05, 3.63) is 34.4 Å². The number of nitrogens with zero attached hydrogens (tertiary/aromatic N) is 1. The first-order valence-corrected chi connectivity index (χ1v) is 10.1. The average molecular weight is 400 g/mol. The largest absolute Gasteiger partial charge is 0.456 e. The summed E-state index contributed by atoms with van der Waals surface area (Å²) in [5.74, 6) is -1.44. The maximum atomic E-state index is 12.9. The van der Waals surface area contributed by atoms with E-state index in [2.05, 4.69) is 5.32 Å². The van der Waals surface area contributed by atoms with Crippen LogP contribution in [-0.4, -0.2) is 47.3 Å². The molecule has 1 heterocycles. The molecule has 0 bridgehead atoms. The van der Waals surface area contributed by atoms with E-state index in [0.29, 0.717) is 12.0 Å². The number of Topliss-reactive ketones (excluding diaryl/α,β-unsaturated/α-hetero) is 1. The zero-order valence-corrected chi connectivity index (χ0v) is 17.5. The number of carbonyl (C=O) groups is 4. The number of rotatable bonds is 5. The van der Waals surface area contributed by atoms with Crippen LogP contribution in [0.15, 0.2) is 12.1 Å². The van der Waals surface area contributed by atoms with Gasteiger partial charge >= 0.3 is 12.0 Å². The van der Waals surface area contributed by atoms with Crippen LogP contribution in [0.1, 0.15) is 59.7 Å². The summed E-state index contributed by atoms with van der Waals surface area (Å²) in [4.78, 5) is 50.8. The summed E-state index contributed by atoms with van der Waals surface area (Å²) in [7, 11) is 0. The van der Waals surface area contributed by atoms with Gasteiger partial charge in [0.25, 0.3) is 5.91 Å². The van der Waals surface area contributed by atoms with E-state index >= 15 is 0 Å². The van der Waals surface area contributed by atoms with Crippen molar-refractivity contribution in [3.8, 4) is 0 Å². The third-order valence-electron chi connectivity index (χ3n) is 6.29. The van der Waals surface area contributed by atoms with Gasteiger partial charge in [-0.2, -0.15) is 0 Å². The lowest BCUT2D eigenvalue weighted by atomic mass is 9.73. The van der Waals surface area contributed by atoms with Crippen LogP contribution < -0.4 is 5.32 Å². The Morgan fingerprint density at radius 2 is 1.83 bits per heavy atom. The van der Waals surface area contributed by atoms with Gasteiger partial charge in [0, 0.05) is 5.56 Å². The van der Waals surface area contributed by atoms with Crippen LogP contribution in [-0.2, 0) is 14.3 Å². The number of benzene rings is 1. The minimum absolute atomic E-state index is 0.0167. The number of imide groups is 1. The molecule has 3 amide bonds. The highest BCUT2D eigenvalue weighted by molar-refractivity contribution is 6.09. The highest BCUT2D eigenvalue weighted by atomic mass is 16.5. The quantitative estimate of drug-likeness (QED) is 0.466. The van der Waals surface area contributed by atoms with Crippen LogP contribution in [0.4, 0.5) is 4.79 Å². The van der Waals surface area contributed by atoms with Gasteiger partial charge in [-0.25, -0.2) is 4.79 Å². The molecule has 1 spiro atoms. The molecule has 156 valence electrons. The molecule has 1 aliphatic carbocycles. The van der Waals surface area contributed by atoms with E-state index in [4.69, 9.17) is 4.74 Å². The van der Waals surface area contributed by atoms with Gasteiger partial charge in [0.15, 0.2) is 6.61 Å². The number of hydrogen-bond donors (Lipinski definition) is 1. The molecular formula is C22H28N2O5. The van der Waals surface area contributed by atoms with Crippen molar-refractivity contribution in [1.29, 1.82) is 0 Å². The summed E-state index contributed by atoms with van der Waals surface area (Å²) in [6.07, 6.45) is 3.32. The Morgan fingerprint density at radius 1 is 1.14 bits per heavy atom. The predicted molar refractivity (Wildman–Crippen MR) is 107 cm³/mol. The number of urea groups is 1. The first-order valence-electron chi connectivity index (χ1n) is 10.1. The van der Waals surface area contributed by atoms with Gasteiger partial charge in [-0.05, 0) is 62.3 Å². The SMILES string of the molecule is Cc1cc(C)c(C(=O)COC(=O)CN2C(=O)N[C@@]3(CCCC[C@@H]3C)C2=O)cc1C. The molecule has 7 nitrogen and oxygen atoms in total. The molecule has 0 unspecified atom stereocenters. The van der Waals surface area contributed by atoms with Crippen LogP contribution in [0.3, 0.4) is 0 Å². The highest BCUT2D eigenvalue weighted by Gasteiger charge is 2.55. The van der Waals surface area contributed by atoms with Gasteiger partial charge in [0.1, 0.15) is 12.1 Å². The van der Waals surface area contributed by atoms with E-state index in [-0.39, 0.29) is 17.6 Å². The average Bonchev–Trinajstić information content (AvgIpc) is 2.90. The monoisotopic (exact) mass is 400 g/mol. The maximum absolute atomic E-state index is 12.9. The Hall–Kier alpha value is -2.70. The van der Waals surface area contributed by atoms with Crippen molar-refractivity contribution in [1.82, 2.24) is 10.2 Å². The predicted octanol–water partition coefficient (Wildman–Crippen LogP) is 2.84. The van der Waals surface area contributed by atoms with Gasteiger partial charge in [-0.3, -0.25) is 19.3 Å². The van der Waals surface area contributed by atoms with E-state index in [0.717, 1.165) is 40.9 Å². The Morgan fingerprint density at radius 3 is 2.52 bits per heavy atom. The fourth-order valence-electron chi connectivity index (χ4n) is 4.30. The Kier molecular flexibility index (Phi) is 5.78. The Balaban J connectivity index is 1.61. The molecule has 7 heteroatoms. The van der Waals surface area contributed by atoms with Gasteiger partial charge in [-0.1, -0.05) is 25.8 Å².